The highest BCUT2D eigenvalue weighted by molar-refractivity contribution is 9.08. The van der Waals surface area contributed by atoms with Crippen molar-refractivity contribution in [1.29, 1.82) is 0 Å². The van der Waals surface area contributed by atoms with E-state index < -0.39 is 32.4 Å². The zero-order valence-electron chi connectivity index (χ0n) is 10.4. The third-order valence-corrected chi connectivity index (χ3v) is 4.64. The monoisotopic (exact) mass is 379 g/mol. The largest absolute Gasteiger partial charge is 0.279 e. The van der Waals surface area contributed by atoms with Gasteiger partial charge in [-0.25, -0.2) is 21.6 Å². The van der Waals surface area contributed by atoms with E-state index in [0.717, 1.165) is 5.56 Å². The Morgan fingerprint density at radius 1 is 1.05 bits per heavy atom. The van der Waals surface area contributed by atoms with E-state index in [2.05, 4.69) is 20.7 Å². The lowest BCUT2D eigenvalue weighted by molar-refractivity contribution is 0.498. The quantitative estimate of drug-likeness (QED) is 0.821. The lowest BCUT2D eigenvalue weighted by atomic mass is 10.2. The molecule has 0 bridgehead atoms. The molecule has 21 heavy (non-hydrogen) atoms. The summed E-state index contributed by atoms with van der Waals surface area (Å²) < 4.78 is 66.0. The third-order valence-electron chi connectivity index (χ3n) is 2.57. The van der Waals surface area contributed by atoms with Crippen molar-refractivity contribution in [3.05, 3.63) is 59.4 Å². The fourth-order valence-corrected chi connectivity index (χ4v) is 3.23. The van der Waals surface area contributed by atoms with Crippen molar-refractivity contribution in [2.75, 3.05) is 4.72 Å². The van der Waals surface area contributed by atoms with Gasteiger partial charge in [0.2, 0.25) is 0 Å². The smallest absolute Gasteiger partial charge is 0.267 e. The predicted molar refractivity (Wildman–Crippen MR) is 76.2 cm³/mol. The summed E-state index contributed by atoms with van der Waals surface area (Å²) in [5, 5.41) is 0.488. The van der Waals surface area contributed by atoms with Crippen LogP contribution in [0.25, 0.3) is 0 Å². The van der Waals surface area contributed by atoms with Gasteiger partial charge in [-0.15, -0.1) is 0 Å². The van der Waals surface area contributed by atoms with Crippen molar-refractivity contribution in [3.8, 4) is 0 Å². The predicted octanol–water partition coefficient (Wildman–Crippen LogP) is 3.80. The second-order valence-corrected chi connectivity index (χ2v) is 6.32. The molecule has 0 amide bonds. The van der Waals surface area contributed by atoms with Crippen LogP contribution in [0.1, 0.15) is 5.56 Å². The number of rotatable bonds is 4. The summed E-state index contributed by atoms with van der Waals surface area (Å²) >= 11 is 3.21. The highest BCUT2D eigenvalue weighted by Crippen LogP contribution is 2.23. The van der Waals surface area contributed by atoms with E-state index >= 15 is 0 Å². The first-order valence-corrected chi connectivity index (χ1v) is 8.26. The topological polar surface area (TPSA) is 46.2 Å². The molecule has 0 atom stereocenters. The molecule has 0 aromatic heterocycles. The number of alkyl halides is 1. The van der Waals surface area contributed by atoms with E-state index in [4.69, 9.17) is 0 Å². The van der Waals surface area contributed by atoms with Gasteiger partial charge in [-0.3, -0.25) is 4.72 Å². The molecular weight excluding hydrogens is 371 g/mol. The summed E-state index contributed by atoms with van der Waals surface area (Å²) in [5.41, 5.74) is 0.922. The van der Waals surface area contributed by atoms with E-state index in [1.807, 2.05) is 0 Å². The van der Waals surface area contributed by atoms with Crippen LogP contribution in [0.15, 0.2) is 41.3 Å². The van der Waals surface area contributed by atoms with Gasteiger partial charge in [0.25, 0.3) is 10.0 Å². The molecule has 0 unspecified atom stereocenters. The van der Waals surface area contributed by atoms with Crippen molar-refractivity contribution in [2.24, 2.45) is 0 Å². The maximum absolute atomic E-state index is 13.5. The number of sulfonamides is 1. The van der Waals surface area contributed by atoms with Gasteiger partial charge in [0.15, 0.2) is 4.90 Å². The van der Waals surface area contributed by atoms with Crippen LogP contribution in [0.4, 0.5) is 18.9 Å². The molecule has 0 saturated heterocycles. The SMILES string of the molecule is O=S(=O)(Nc1cccc(CBr)c1)c1c(F)cc(F)cc1F. The molecule has 0 saturated carbocycles. The van der Waals surface area contributed by atoms with Crippen LogP contribution >= 0.6 is 15.9 Å². The van der Waals surface area contributed by atoms with Gasteiger partial charge in [0, 0.05) is 23.2 Å². The molecule has 2 aromatic rings. The fourth-order valence-electron chi connectivity index (χ4n) is 1.71. The Kier molecular flexibility index (Phi) is 4.58. The van der Waals surface area contributed by atoms with E-state index in [1.165, 1.54) is 12.1 Å². The molecule has 1 N–H and O–H groups in total. The van der Waals surface area contributed by atoms with Crippen LogP contribution in [0.5, 0.6) is 0 Å². The molecule has 112 valence electrons. The van der Waals surface area contributed by atoms with Crippen molar-refractivity contribution in [3.63, 3.8) is 0 Å². The molecule has 2 aromatic carbocycles. The summed E-state index contributed by atoms with van der Waals surface area (Å²) in [7, 11) is -4.50. The number of anilines is 1. The minimum atomic E-state index is -4.50. The lowest BCUT2D eigenvalue weighted by Crippen LogP contribution is -2.16. The summed E-state index contributed by atoms with van der Waals surface area (Å²) in [6, 6.07) is 6.89. The third kappa shape index (κ3) is 3.56. The second kappa shape index (κ2) is 6.07. The number of hydrogen-bond donors (Lipinski definition) is 1. The van der Waals surface area contributed by atoms with Crippen LogP contribution in [0.3, 0.4) is 0 Å². The summed E-state index contributed by atoms with van der Waals surface area (Å²) in [4.78, 5) is -1.21. The first kappa shape index (κ1) is 15.8. The Morgan fingerprint density at radius 3 is 2.24 bits per heavy atom. The molecule has 0 aliphatic carbocycles. The number of halogens is 4. The van der Waals surface area contributed by atoms with E-state index in [1.54, 1.807) is 12.1 Å². The van der Waals surface area contributed by atoms with Crippen LogP contribution in [0.2, 0.25) is 0 Å². The highest BCUT2D eigenvalue weighted by Gasteiger charge is 2.25. The van der Waals surface area contributed by atoms with E-state index in [-0.39, 0.29) is 5.69 Å². The number of hydrogen-bond acceptors (Lipinski definition) is 2. The Bertz CT molecular complexity index is 758. The Hall–Kier alpha value is -1.54. The van der Waals surface area contributed by atoms with Gasteiger partial charge in [-0.1, -0.05) is 28.1 Å². The van der Waals surface area contributed by atoms with E-state index in [0.29, 0.717) is 17.5 Å². The lowest BCUT2D eigenvalue weighted by Gasteiger charge is -2.10. The van der Waals surface area contributed by atoms with Crippen LogP contribution in [-0.4, -0.2) is 8.42 Å². The minimum absolute atomic E-state index is 0.148. The minimum Gasteiger partial charge on any atom is -0.279 e. The molecule has 2 rings (SSSR count). The standard InChI is InChI=1S/C13H9BrF3NO2S/c14-7-8-2-1-3-10(4-8)18-21(19,20)13-11(16)5-9(15)6-12(13)17/h1-6,18H,7H2. The molecule has 0 radical (unpaired) electrons. The van der Waals surface area contributed by atoms with Crippen LogP contribution in [0, 0.1) is 17.5 Å². The molecule has 8 heteroatoms. The zero-order valence-corrected chi connectivity index (χ0v) is 12.8. The number of nitrogens with one attached hydrogen (secondary N) is 1. The average molecular weight is 380 g/mol. The van der Waals surface area contributed by atoms with Crippen LogP contribution in [-0.2, 0) is 15.4 Å². The Labute approximate surface area is 128 Å². The van der Waals surface area contributed by atoms with Gasteiger partial charge < -0.3 is 0 Å². The average Bonchev–Trinajstić information content (AvgIpc) is 2.36. The van der Waals surface area contributed by atoms with Gasteiger partial charge >= 0.3 is 0 Å². The zero-order chi connectivity index (χ0) is 15.6. The van der Waals surface area contributed by atoms with Gasteiger partial charge in [-0.05, 0) is 17.7 Å². The number of benzene rings is 2. The Balaban J connectivity index is 2.43. The molecule has 0 spiro atoms. The molecule has 0 fully saturated rings. The highest BCUT2D eigenvalue weighted by atomic mass is 79.9. The summed E-state index contributed by atoms with van der Waals surface area (Å²) in [5.74, 6) is -4.17. The Morgan fingerprint density at radius 2 is 1.67 bits per heavy atom. The summed E-state index contributed by atoms with van der Waals surface area (Å²) in [6.45, 7) is 0. The molecule has 0 aliphatic heterocycles. The maximum atomic E-state index is 13.5. The fraction of sp³-hybridized carbons (Fsp3) is 0.0769. The first-order chi connectivity index (χ1) is 9.83. The maximum Gasteiger partial charge on any atom is 0.267 e. The normalized spacial score (nSPS) is 11.4. The molecule has 3 nitrogen and oxygen atoms in total. The van der Waals surface area contributed by atoms with Crippen molar-refractivity contribution in [1.82, 2.24) is 0 Å². The van der Waals surface area contributed by atoms with Gasteiger partial charge in [-0.2, -0.15) is 0 Å². The molecule has 0 heterocycles. The van der Waals surface area contributed by atoms with Crippen molar-refractivity contribution in [2.45, 2.75) is 10.2 Å². The molecule has 0 aliphatic rings. The van der Waals surface area contributed by atoms with Gasteiger partial charge in [0.05, 0.1) is 0 Å². The van der Waals surface area contributed by atoms with E-state index in [9.17, 15) is 21.6 Å². The summed E-state index contributed by atoms with van der Waals surface area (Å²) in [6.07, 6.45) is 0. The van der Waals surface area contributed by atoms with Crippen molar-refractivity contribution >= 4 is 31.6 Å². The molecular formula is C13H9BrF3NO2S. The van der Waals surface area contributed by atoms with Crippen molar-refractivity contribution < 1.29 is 21.6 Å². The second-order valence-electron chi connectivity index (χ2n) is 4.14. The van der Waals surface area contributed by atoms with Crippen LogP contribution < -0.4 is 4.72 Å². The first-order valence-electron chi connectivity index (χ1n) is 5.66. The van der Waals surface area contributed by atoms with Gasteiger partial charge in [0.1, 0.15) is 17.5 Å².